The summed E-state index contributed by atoms with van der Waals surface area (Å²) >= 11 is 0. The van der Waals surface area contributed by atoms with Crippen molar-refractivity contribution >= 4 is 11.8 Å². The zero-order valence-electron chi connectivity index (χ0n) is 19.5. The molecule has 1 atom stereocenters. The van der Waals surface area contributed by atoms with Gasteiger partial charge in [-0.2, -0.15) is 0 Å². The molecule has 5 rings (SSSR count). The minimum Gasteiger partial charge on any atom is -0.496 e. The van der Waals surface area contributed by atoms with Gasteiger partial charge in [0.2, 0.25) is 5.91 Å². The lowest BCUT2D eigenvalue weighted by molar-refractivity contribution is -0.127. The molecule has 174 valence electrons. The van der Waals surface area contributed by atoms with E-state index in [2.05, 4.69) is 10.2 Å². The van der Waals surface area contributed by atoms with E-state index >= 15 is 0 Å². The molecular weight excluding hydrogens is 412 g/mol. The molecule has 0 radical (unpaired) electrons. The summed E-state index contributed by atoms with van der Waals surface area (Å²) in [7, 11) is 1.65. The predicted molar refractivity (Wildman–Crippen MR) is 128 cm³/mol. The average Bonchev–Trinajstić information content (AvgIpc) is 3.33. The summed E-state index contributed by atoms with van der Waals surface area (Å²) in [6, 6.07) is 15.8. The number of carbonyl (C=O) groups excluding carboxylic acids is 2. The van der Waals surface area contributed by atoms with Gasteiger partial charge in [-0.1, -0.05) is 68.5 Å². The Morgan fingerprint density at radius 2 is 1.70 bits per heavy atom. The Labute approximate surface area is 196 Å². The first-order chi connectivity index (χ1) is 16.2. The van der Waals surface area contributed by atoms with Crippen LogP contribution in [0.5, 0.6) is 5.75 Å². The van der Waals surface area contributed by atoms with Crippen molar-refractivity contribution in [1.29, 1.82) is 0 Å². The Morgan fingerprint density at radius 1 is 1.00 bits per heavy atom. The van der Waals surface area contributed by atoms with E-state index in [0.717, 1.165) is 68.2 Å². The first kappa shape index (κ1) is 22.0. The topological polar surface area (TPSA) is 58.6 Å². The second-order valence-corrected chi connectivity index (χ2v) is 9.83. The smallest absolute Gasteiger partial charge is 0.254 e. The summed E-state index contributed by atoms with van der Waals surface area (Å²) in [5.74, 6) is 0.582. The van der Waals surface area contributed by atoms with Crippen molar-refractivity contribution in [2.24, 2.45) is 0 Å². The molecular formula is C28H34N2O3. The minimum atomic E-state index is -0.418. The number of hydrogen-bond acceptors (Lipinski definition) is 3. The lowest BCUT2D eigenvalue weighted by Gasteiger charge is -2.54. The molecule has 1 heterocycles. The molecule has 0 aromatic heterocycles. The van der Waals surface area contributed by atoms with Crippen LogP contribution in [-0.2, 0) is 11.3 Å². The van der Waals surface area contributed by atoms with Crippen LogP contribution in [0.25, 0.3) is 0 Å². The predicted octanol–water partition coefficient (Wildman–Crippen LogP) is 5.20. The maximum atomic E-state index is 13.9. The van der Waals surface area contributed by atoms with E-state index in [0.29, 0.717) is 12.1 Å². The summed E-state index contributed by atoms with van der Waals surface area (Å²) in [5.41, 5.74) is 2.14. The third kappa shape index (κ3) is 3.81. The van der Waals surface area contributed by atoms with Gasteiger partial charge in [0.05, 0.1) is 18.6 Å². The van der Waals surface area contributed by atoms with Gasteiger partial charge in [0, 0.05) is 23.7 Å². The maximum absolute atomic E-state index is 13.9. The van der Waals surface area contributed by atoms with E-state index in [1.807, 2.05) is 48.5 Å². The van der Waals surface area contributed by atoms with E-state index in [9.17, 15) is 9.59 Å². The number of para-hydroxylation sites is 1. The first-order valence-corrected chi connectivity index (χ1v) is 12.5. The van der Waals surface area contributed by atoms with E-state index in [1.165, 1.54) is 6.42 Å². The average molecular weight is 447 g/mol. The quantitative estimate of drug-likeness (QED) is 0.687. The highest BCUT2D eigenvalue weighted by molar-refractivity contribution is 6.02. The second-order valence-electron chi connectivity index (χ2n) is 9.83. The fourth-order valence-corrected chi connectivity index (χ4v) is 6.61. The summed E-state index contributed by atoms with van der Waals surface area (Å²) in [4.78, 5) is 30.0. The first-order valence-electron chi connectivity index (χ1n) is 12.5. The van der Waals surface area contributed by atoms with Crippen LogP contribution in [-0.4, -0.2) is 35.4 Å². The molecule has 1 N–H and O–H groups in total. The molecule has 2 amide bonds. The summed E-state index contributed by atoms with van der Waals surface area (Å²) in [6.07, 6.45) is 9.59. The molecule has 2 saturated carbocycles. The molecule has 2 aromatic carbocycles. The number of nitrogens with zero attached hydrogens (tertiary/aromatic N) is 1. The molecule has 3 aliphatic rings. The normalized spacial score (nSPS) is 22.3. The van der Waals surface area contributed by atoms with Crippen LogP contribution in [0.3, 0.4) is 0 Å². The third-order valence-corrected chi connectivity index (χ3v) is 8.06. The fourth-order valence-electron chi connectivity index (χ4n) is 6.61. The van der Waals surface area contributed by atoms with Crippen molar-refractivity contribution in [2.45, 2.75) is 81.8 Å². The van der Waals surface area contributed by atoms with Crippen LogP contribution in [0.2, 0.25) is 0 Å². The molecule has 5 heteroatoms. The minimum absolute atomic E-state index is 0.0172. The van der Waals surface area contributed by atoms with Gasteiger partial charge in [-0.25, -0.2) is 0 Å². The van der Waals surface area contributed by atoms with E-state index < -0.39 is 5.54 Å². The number of nitrogens with one attached hydrogen (secondary N) is 1. The van der Waals surface area contributed by atoms with Crippen LogP contribution < -0.4 is 10.1 Å². The Hall–Kier alpha value is -2.82. The van der Waals surface area contributed by atoms with Crippen LogP contribution in [0.1, 0.15) is 85.2 Å². The van der Waals surface area contributed by atoms with Crippen LogP contribution >= 0.6 is 0 Å². The highest BCUT2D eigenvalue weighted by Crippen LogP contribution is 2.52. The van der Waals surface area contributed by atoms with Crippen molar-refractivity contribution in [3.8, 4) is 5.75 Å². The molecule has 2 fully saturated rings. The molecule has 1 spiro atoms. The summed E-state index contributed by atoms with van der Waals surface area (Å²) in [6.45, 7) is 0.412. The zero-order chi connectivity index (χ0) is 22.8. The van der Waals surface area contributed by atoms with Gasteiger partial charge in [0.15, 0.2) is 0 Å². The lowest BCUT2D eigenvalue weighted by atomic mass is 9.69. The maximum Gasteiger partial charge on any atom is 0.254 e. The van der Waals surface area contributed by atoms with Gasteiger partial charge in [0.25, 0.3) is 5.91 Å². The molecule has 0 saturated heterocycles. The second kappa shape index (κ2) is 9.20. The van der Waals surface area contributed by atoms with Gasteiger partial charge < -0.3 is 15.0 Å². The number of hydrogen-bond donors (Lipinski definition) is 1. The largest absolute Gasteiger partial charge is 0.496 e. The van der Waals surface area contributed by atoms with Crippen molar-refractivity contribution in [1.82, 2.24) is 10.2 Å². The van der Waals surface area contributed by atoms with E-state index in [4.69, 9.17) is 4.74 Å². The number of carbonyl (C=O) groups is 2. The van der Waals surface area contributed by atoms with Gasteiger partial charge in [-0.05, 0) is 43.4 Å². The number of methoxy groups -OCH3 is 1. The van der Waals surface area contributed by atoms with Crippen molar-refractivity contribution in [3.05, 3.63) is 65.2 Å². The Bertz CT molecular complexity index is 1020. The fraction of sp³-hybridized carbons (Fsp3) is 0.500. The summed E-state index contributed by atoms with van der Waals surface area (Å²) < 4.78 is 5.48. The van der Waals surface area contributed by atoms with Crippen molar-refractivity contribution in [3.63, 3.8) is 0 Å². The van der Waals surface area contributed by atoms with Crippen molar-refractivity contribution in [2.75, 3.05) is 7.11 Å². The van der Waals surface area contributed by atoms with E-state index in [1.54, 1.807) is 7.11 Å². The lowest BCUT2D eigenvalue weighted by Crippen LogP contribution is -2.63. The van der Waals surface area contributed by atoms with E-state index in [-0.39, 0.29) is 23.8 Å². The molecule has 0 bridgehead atoms. The molecule has 5 nitrogen and oxygen atoms in total. The van der Waals surface area contributed by atoms with Crippen LogP contribution in [0.15, 0.2) is 48.5 Å². The highest BCUT2D eigenvalue weighted by atomic mass is 16.5. The molecule has 33 heavy (non-hydrogen) atoms. The number of rotatable bonds is 5. The third-order valence-electron chi connectivity index (χ3n) is 8.06. The standard InChI is InChI=1S/C28H34N2O3/c1-33-24-16-8-5-11-20(24)19-29-26(31)25-22-14-6-7-15-23(22)27(32)30(21-12-3-2-4-13-21)28(25)17-9-10-18-28/h5-8,11,14-16,21,25H,2-4,9-10,12-13,17-19H2,1H3,(H,29,31)/t25-/m0/s1. The highest BCUT2D eigenvalue weighted by Gasteiger charge is 2.57. The van der Waals surface area contributed by atoms with Gasteiger partial charge in [0.1, 0.15) is 5.75 Å². The van der Waals surface area contributed by atoms with Gasteiger partial charge in [-0.15, -0.1) is 0 Å². The van der Waals surface area contributed by atoms with Crippen LogP contribution in [0, 0.1) is 0 Å². The Morgan fingerprint density at radius 3 is 2.45 bits per heavy atom. The molecule has 2 aliphatic carbocycles. The Kier molecular flexibility index (Phi) is 6.13. The SMILES string of the molecule is COc1ccccc1CNC(=O)[C@@H]1c2ccccc2C(=O)N(C2CCCCC2)C12CCCC2. The number of benzene rings is 2. The summed E-state index contributed by atoms with van der Waals surface area (Å²) in [5, 5.41) is 3.22. The molecule has 0 unspecified atom stereocenters. The number of amides is 2. The molecule has 1 aliphatic heterocycles. The number of fused-ring (bicyclic) bond motifs is 1. The van der Waals surface area contributed by atoms with Gasteiger partial charge >= 0.3 is 0 Å². The zero-order valence-corrected chi connectivity index (χ0v) is 19.5. The van der Waals surface area contributed by atoms with Crippen LogP contribution in [0.4, 0.5) is 0 Å². The van der Waals surface area contributed by atoms with Gasteiger partial charge in [-0.3, -0.25) is 9.59 Å². The number of ether oxygens (including phenoxy) is 1. The van der Waals surface area contributed by atoms with Crippen molar-refractivity contribution < 1.29 is 14.3 Å². The molecule has 2 aromatic rings. The Balaban J connectivity index is 1.52. The monoisotopic (exact) mass is 446 g/mol.